The Morgan fingerprint density at radius 1 is 1.50 bits per heavy atom. The molecule has 0 aromatic carbocycles. The highest BCUT2D eigenvalue weighted by Gasteiger charge is 2.28. The van der Waals surface area contributed by atoms with Crippen LogP contribution in [0.2, 0.25) is 0 Å². The molecule has 7 nitrogen and oxygen atoms in total. The van der Waals surface area contributed by atoms with Crippen LogP contribution in [-0.2, 0) is 9.53 Å². The van der Waals surface area contributed by atoms with Crippen molar-refractivity contribution in [1.82, 2.24) is 19.8 Å². The third-order valence-corrected chi connectivity index (χ3v) is 4.27. The molecule has 0 aliphatic carbocycles. The third kappa shape index (κ3) is 5.64. The van der Waals surface area contributed by atoms with Crippen molar-refractivity contribution in [3.63, 3.8) is 0 Å². The molecule has 1 aromatic rings. The van der Waals surface area contributed by atoms with Crippen molar-refractivity contribution in [3.05, 3.63) is 18.7 Å². The normalized spacial score (nSPS) is 21.1. The second-order valence-electron chi connectivity index (χ2n) is 5.85. The largest absolute Gasteiger partial charge is 0.469 e. The Labute approximate surface area is 160 Å². The number of rotatable bonds is 5. The van der Waals surface area contributed by atoms with Gasteiger partial charge in [-0.05, 0) is 19.3 Å². The highest BCUT2D eigenvalue weighted by molar-refractivity contribution is 14.0. The molecular weight excluding hydrogens is 421 g/mol. The summed E-state index contributed by atoms with van der Waals surface area (Å²) < 4.78 is 6.84. The second-order valence-corrected chi connectivity index (χ2v) is 5.85. The van der Waals surface area contributed by atoms with Gasteiger partial charge in [0.2, 0.25) is 0 Å². The summed E-state index contributed by atoms with van der Waals surface area (Å²) >= 11 is 0. The molecule has 8 heteroatoms. The van der Waals surface area contributed by atoms with Crippen LogP contribution >= 0.6 is 24.0 Å². The third-order valence-electron chi connectivity index (χ3n) is 4.27. The highest BCUT2D eigenvalue weighted by Crippen LogP contribution is 2.27. The maximum atomic E-state index is 11.2. The van der Waals surface area contributed by atoms with Crippen LogP contribution in [0.15, 0.2) is 23.7 Å². The SMILES string of the molecule is CCNC(=NCCC(=O)OC)N1CCC(C)C(n2ccnc2)C1.I. The lowest BCUT2D eigenvalue weighted by molar-refractivity contribution is -0.140. The van der Waals surface area contributed by atoms with Gasteiger partial charge >= 0.3 is 5.97 Å². The van der Waals surface area contributed by atoms with Crippen LogP contribution in [-0.4, -0.2) is 59.7 Å². The fourth-order valence-electron chi connectivity index (χ4n) is 2.88. The van der Waals surface area contributed by atoms with Crippen LogP contribution in [0, 0.1) is 5.92 Å². The first-order valence-electron chi connectivity index (χ1n) is 8.23. The molecule has 1 aliphatic heterocycles. The number of likely N-dealkylation sites (tertiary alicyclic amines) is 1. The van der Waals surface area contributed by atoms with Crippen molar-refractivity contribution >= 4 is 35.9 Å². The fraction of sp³-hybridized carbons (Fsp3) is 0.688. The topological polar surface area (TPSA) is 71.8 Å². The zero-order valence-electron chi connectivity index (χ0n) is 14.6. The summed E-state index contributed by atoms with van der Waals surface area (Å²) in [5, 5.41) is 3.32. The molecule has 2 rings (SSSR count). The summed E-state index contributed by atoms with van der Waals surface area (Å²) in [6, 6.07) is 0.385. The van der Waals surface area contributed by atoms with Gasteiger partial charge in [0.1, 0.15) is 0 Å². The van der Waals surface area contributed by atoms with Gasteiger partial charge in [-0.1, -0.05) is 6.92 Å². The first-order valence-corrected chi connectivity index (χ1v) is 8.23. The minimum absolute atomic E-state index is 0. The molecule has 0 amide bonds. The Morgan fingerprint density at radius 3 is 2.92 bits per heavy atom. The fourth-order valence-corrected chi connectivity index (χ4v) is 2.88. The van der Waals surface area contributed by atoms with E-state index < -0.39 is 0 Å². The number of imidazole rings is 1. The number of ether oxygens (including phenoxy) is 1. The molecule has 0 saturated carbocycles. The smallest absolute Gasteiger partial charge is 0.307 e. The van der Waals surface area contributed by atoms with E-state index in [2.05, 4.69) is 43.3 Å². The minimum atomic E-state index is -0.229. The number of carbonyl (C=O) groups is 1. The zero-order valence-corrected chi connectivity index (χ0v) is 17.0. The van der Waals surface area contributed by atoms with Crippen molar-refractivity contribution in [2.45, 2.75) is 32.7 Å². The molecule has 0 bridgehead atoms. The van der Waals surface area contributed by atoms with E-state index in [-0.39, 0.29) is 29.9 Å². The summed E-state index contributed by atoms with van der Waals surface area (Å²) in [6.45, 7) is 7.44. The molecule has 1 fully saturated rings. The van der Waals surface area contributed by atoms with E-state index in [9.17, 15) is 4.79 Å². The first-order chi connectivity index (χ1) is 11.2. The molecule has 2 unspecified atom stereocenters. The molecule has 2 heterocycles. The van der Waals surface area contributed by atoms with Gasteiger partial charge in [-0.15, -0.1) is 24.0 Å². The Morgan fingerprint density at radius 2 is 2.29 bits per heavy atom. The van der Waals surface area contributed by atoms with E-state index in [0.717, 1.165) is 32.0 Å². The van der Waals surface area contributed by atoms with Gasteiger partial charge in [0.05, 0.1) is 32.4 Å². The molecule has 2 atom stereocenters. The van der Waals surface area contributed by atoms with E-state index in [0.29, 0.717) is 24.9 Å². The van der Waals surface area contributed by atoms with E-state index in [4.69, 9.17) is 0 Å². The number of methoxy groups -OCH3 is 1. The molecule has 0 radical (unpaired) electrons. The highest BCUT2D eigenvalue weighted by atomic mass is 127. The second kappa shape index (κ2) is 10.5. The number of hydrogen-bond donors (Lipinski definition) is 1. The van der Waals surface area contributed by atoms with Crippen LogP contribution < -0.4 is 5.32 Å². The van der Waals surface area contributed by atoms with Gasteiger partial charge in [0.25, 0.3) is 0 Å². The standard InChI is InChI=1S/C16H27N5O2.HI/c1-4-18-16(19-7-5-15(22)23-3)20-9-6-13(2)14(11-20)21-10-8-17-12-21;/h8,10,12-14H,4-7,9,11H2,1-3H3,(H,18,19);1H. The van der Waals surface area contributed by atoms with Crippen LogP contribution in [0.1, 0.15) is 32.7 Å². The zero-order chi connectivity index (χ0) is 16.7. The minimum Gasteiger partial charge on any atom is -0.469 e. The van der Waals surface area contributed by atoms with Crippen molar-refractivity contribution in [2.24, 2.45) is 10.9 Å². The Bertz CT molecular complexity index is 521. The van der Waals surface area contributed by atoms with E-state index in [1.807, 2.05) is 18.7 Å². The van der Waals surface area contributed by atoms with Gasteiger partial charge in [-0.3, -0.25) is 9.79 Å². The first kappa shape index (κ1) is 20.7. The van der Waals surface area contributed by atoms with Gasteiger partial charge in [0, 0.05) is 32.0 Å². The Kier molecular flexibility index (Phi) is 9.09. The molecule has 136 valence electrons. The summed E-state index contributed by atoms with van der Waals surface area (Å²) in [6.07, 6.45) is 7.13. The quantitative estimate of drug-likeness (QED) is 0.322. The molecule has 1 N–H and O–H groups in total. The average molecular weight is 449 g/mol. The number of nitrogens with one attached hydrogen (secondary N) is 1. The van der Waals surface area contributed by atoms with Gasteiger partial charge in [0.15, 0.2) is 5.96 Å². The number of aromatic nitrogens is 2. The van der Waals surface area contributed by atoms with Crippen molar-refractivity contribution < 1.29 is 9.53 Å². The number of piperidine rings is 1. The number of halogens is 1. The van der Waals surface area contributed by atoms with E-state index >= 15 is 0 Å². The Balaban J connectivity index is 0.00000288. The van der Waals surface area contributed by atoms with Crippen molar-refractivity contribution in [2.75, 3.05) is 33.3 Å². The molecular formula is C16H28IN5O2. The van der Waals surface area contributed by atoms with Crippen molar-refractivity contribution in [1.29, 1.82) is 0 Å². The maximum absolute atomic E-state index is 11.2. The van der Waals surface area contributed by atoms with Gasteiger partial charge in [-0.25, -0.2) is 4.98 Å². The number of carbonyl (C=O) groups excluding carboxylic acids is 1. The predicted molar refractivity (Wildman–Crippen MR) is 105 cm³/mol. The summed E-state index contributed by atoms with van der Waals surface area (Å²) in [7, 11) is 1.40. The summed E-state index contributed by atoms with van der Waals surface area (Å²) in [5.74, 6) is 1.24. The monoisotopic (exact) mass is 449 g/mol. The molecule has 1 aromatic heterocycles. The average Bonchev–Trinajstić information content (AvgIpc) is 3.08. The van der Waals surface area contributed by atoms with Crippen LogP contribution in [0.3, 0.4) is 0 Å². The number of esters is 1. The predicted octanol–water partition coefficient (Wildman–Crippen LogP) is 1.91. The number of guanidine groups is 1. The number of aliphatic imine (C=N–C) groups is 1. The Hall–Kier alpha value is -1.32. The lowest BCUT2D eigenvalue weighted by atomic mass is 9.93. The van der Waals surface area contributed by atoms with E-state index in [1.54, 1.807) is 0 Å². The van der Waals surface area contributed by atoms with Gasteiger partial charge < -0.3 is 19.5 Å². The molecule has 0 spiro atoms. The van der Waals surface area contributed by atoms with Crippen LogP contribution in [0.5, 0.6) is 0 Å². The summed E-state index contributed by atoms with van der Waals surface area (Å²) in [4.78, 5) is 22.2. The van der Waals surface area contributed by atoms with E-state index in [1.165, 1.54) is 7.11 Å². The lowest BCUT2D eigenvalue weighted by Crippen LogP contribution is -2.49. The van der Waals surface area contributed by atoms with Crippen molar-refractivity contribution in [3.8, 4) is 0 Å². The molecule has 1 saturated heterocycles. The van der Waals surface area contributed by atoms with Crippen LogP contribution in [0.25, 0.3) is 0 Å². The molecule has 24 heavy (non-hydrogen) atoms. The van der Waals surface area contributed by atoms with Gasteiger partial charge in [-0.2, -0.15) is 0 Å². The maximum Gasteiger partial charge on any atom is 0.307 e. The number of nitrogens with zero attached hydrogens (tertiary/aromatic N) is 4. The van der Waals surface area contributed by atoms with Crippen LogP contribution in [0.4, 0.5) is 0 Å². The lowest BCUT2D eigenvalue weighted by Gasteiger charge is -2.39. The number of hydrogen-bond acceptors (Lipinski definition) is 4. The summed E-state index contributed by atoms with van der Waals surface area (Å²) in [5.41, 5.74) is 0. The molecule has 1 aliphatic rings.